The van der Waals surface area contributed by atoms with Crippen LogP contribution in [0.1, 0.15) is 32.1 Å². The third-order valence-electron chi connectivity index (χ3n) is 4.56. The van der Waals surface area contributed by atoms with E-state index in [4.69, 9.17) is 14.5 Å². The Morgan fingerprint density at radius 2 is 1.96 bits per heavy atom. The van der Waals surface area contributed by atoms with E-state index >= 15 is 0 Å². The molecule has 1 aromatic heterocycles. The Bertz CT molecular complexity index is 499. The maximum absolute atomic E-state index is 5.46. The fourth-order valence-electron chi connectivity index (χ4n) is 3.21. The molecule has 0 aliphatic carbocycles. The molecule has 0 amide bonds. The first-order chi connectivity index (χ1) is 11.3. The molecule has 1 aromatic rings. The van der Waals surface area contributed by atoms with Crippen molar-refractivity contribution in [2.75, 3.05) is 56.8 Å². The summed E-state index contributed by atoms with van der Waals surface area (Å²) < 4.78 is 10.8. The van der Waals surface area contributed by atoms with E-state index in [0.29, 0.717) is 17.9 Å². The lowest BCUT2D eigenvalue weighted by Gasteiger charge is -2.24. The van der Waals surface area contributed by atoms with Crippen molar-refractivity contribution >= 4 is 11.9 Å². The van der Waals surface area contributed by atoms with Crippen molar-refractivity contribution in [2.45, 2.75) is 32.1 Å². The summed E-state index contributed by atoms with van der Waals surface area (Å²) in [6.07, 6.45) is 6.06. The molecule has 2 saturated heterocycles. The van der Waals surface area contributed by atoms with Gasteiger partial charge in [-0.2, -0.15) is 15.0 Å². The summed E-state index contributed by atoms with van der Waals surface area (Å²) in [5, 5.41) is 0. The Balaban J connectivity index is 1.77. The summed E-state index contributed by atoms with van der Waals surface area (Å²) in [5.74, 6) is 1.97. The lowest BCUT2D eigenvalue weighted by Crippen LogP contribution is -2.30. The molecule has 3 rings (SSSR count). The average molecular weight is 321 g/mol. The number of nitrogens with zero attached hydrogens (tertiary/aromatic N) is 5. The van der Waals surface area contributed by atoms with Crippen LogP contribution in [-0.4, -0.2) is 62.0 Å². The van der Waals surface area contributed by atoms with Gasteiger partial charge in [-0.05, 0) is 19.3 Å². The van der Waals surface area contributed by atoms with Gasteiger partial charge in [-0.15, -0.1) is 0 Å². The van der Waals surface area contributed by atoms with Crippen molar-refractivity contribution in [3.63, 3.8) is 0 Å². The Morgan fingerprint density at radius 1 is 1.17 bits per heavy atom. The van der Waals surface area contributed by atoms with E-state index in [2.05, 4.69) is 19.8 Å². The lowest BCUT2D eigenvalue weighted by atomic mass is 10.1. The normalized spacial score (nSPS) is 22.0. The standard InChI is InChI=1S/C16H27N5O2/c1-20(11-13-7-10-23-12-13)14-17-15(19-16(18-14)22-2)21-8-5-3-4-6-9-21/h13H,3-12H2,1-2H3. The zero-order valence-corrected chi connectivity index (χ0v) is 14.2. The van der Waals surface area contributed by atoms with E-state index < -0.39 is 0 Å². The van der Waals surface area contributed by atoms with Crippen molar-refractivity contribution in [1.29, 1.82) is 0 Å². The van der Waals surface area contributed by atoms with Gasteiger partial charge in [-0.1, -0.05) is 12.8 Å². The third kappa shape index (κ3) is 4.22. The number of anilines is 2. The van der Waals surface area contributed by atoms with E-state index in [1.165, 1.54) is 25.7 Å². The first-order valence-corrected chi connectivity index (χ1v) is 8.60. The molecule has 7 nitrogen and oxygen atoms in total. The predicted octanol–water partition coefficient (Wildman–Crippen LogP) is 1.73. The quantitative estimate of drug-likeness (QED) is 0.818. The first kappa shape index (κ1) is 16.2. The maximum atomic E-state index is 5.46. The highest BCUT2D eigenvalue weighted by Gasteiger charge is 2.21. The largest absolute Gasteiger partial charge is 0.467 e. The Labute approximate surface area is 138 Å². The second-order valence-corrected chi connectivity index (χ2v) is 6.43. The van der Waals surface area contributed by atoms with Crippen LogP contribution in [0.15, 0.2) is 0 Å². The van der Waals surface area contributed by atoms with Crippen molar-refractivity contribution in [2.24, 2.45) is 5.92 Å². The molecule has 2 aliphatic heterocycles. The SMILES string of the molecule is COc1nc(N(C)CC2CCOC2)nc(N2CCCCCC2)n1. The minimum atomic E-state index is 0.392. The van der Waals surface area contributed by atoms with Crippen LogP contribution in [0.2, 0.25) is 0 Å². The van der Waals surface area contributed by atoms with E-state index in [9.17, 15) is 0 Å². The Morgan fingerprint density at radius 3 is 2.61 bits per heavy atom. The second kappa shape index (κ2) is 7.77. The van der Waals surface area contributed by atoms with Gasteiger partial charge in [0.1, 0.15) is 0 Å². The van der Waals surface area contributed by atoms with Crippen LogP contribution in [0, 0.1) is 5.92 Å². The van der Waals surface area contributed by atoms with Crippen molar-refractivity contribution in [1.82, 2.24) is 15.0 Å². The van der Waals surface area contributed by atoms with Crippen LogP contribution >= 0.6 is 0 Å². The molecule has 7 heteroatoms. The zero-order chi connectivity index (χ0) is 16.1. The minimum absolute atomic E-state index is 0.392. The molecule has 1 unspecified atom stereocenters. The molecule has 0 radical (unpaired) electrons. The zero-order valence-electron chi connectivity index (χ0n) is 14.2. The number of methoxy groups -OCH3 is 1. The third-order valence-corrected chi connectivity index (χ3v) is 4.56. The number of ether oxygens (including phenoxy) is 2. The first-order valence-electron chi connectivity index (χ1n) is 8.60. The smallest absolute Gasteiger partial charge is 0.322 e. The maximum Gasteiger partial charge on any atom is 0.322 e. The highest BCUT2D eigenvalue weighted by Crippen LogP contribution is 2.22. The van der Waals surface area contributed by atoms with E-state index in [1.807, 2.05) is 7.05 Å². The number of hydrogen-bond donors (Lipinski definition) is 0. The van der Waals surface area contributed by atoms with Crippen LogP contribution in [0.4, 0.5) is 11.9 Å². The van der Waals surface area contributed by atoms with Gasteiger partial charge >= 0.3 is 6.01 Å². The fraction of sp³-hybridized carbons (Fsp3) is 0.812. The molecule has 2 fully saturated rings. The summed E-state index contributed by atoms with van der Waals surface area (Å²) in [7, 11) is 3.63. The molecular weight excluding hydrogens is 294 g/mol. The molecule has 0 N–H and O–H groups in total. The molecule has 0 spiro atoms. The number of aromatic nitrogens is 3. The topological polar surface area (TPSA) is 63.6 Å². The van der Waals surface area contributed by atoms with Gasteiger partial charge in [-0.3, -0.25) is 0 Å². The van der Waals surface area contributed by atoms with Gasteiger partial charge in [0.15, 0.2) is 0 Å². The molecule has 0 aromatic carbocycles. The summed E-state index contributed by atoms with van der Waals surface area (Å²) in [6.45, 7) is 4.59. The Kier molecular flexibility index (Phi) is 5.48. The van der Waals surface area contributed by atoms with E-state index in [-0.39, 0.29) is 0 Å². The van der Waals surface area contributed by atoms with Crippen molar-refractivity contribution < 1.29 is 9.47 Å². The second-order valence-electron chi connectivity index (χ2n) is 6.43. The predicted molar refractivity (Wildman–Crippen MR) is 89.3 cm³/mol. The van der Waals surface area contributed by atoms with Crippen molar-refractivity contribution in [3.05, 3.63) is 0 Å². The molecule has 2 aliphatic rings. The van der Waals surface area contributed by atoms with Gasteiger partial charge in [0.25, 0.3) is 0 Å². The monoisotopic (exact) mass is 321 g/mol. The molecule has 23 heavy (non-hydrogen) atoms. The van der Waals surface area contributed by atoms with Crippen LogP contribution in [0.5, 0.6) is 6.01 Å². The number of rotatable bonds is 5. The molecule has 3 heterocycles. The summed E-state index contributed by atoms with van der Waals surface area (Å²) in [6, 6.07) is 0.392. The van der Waals surface area contributed by atoms with E-state index in [0.717, 1.165) is 45.2 Å². The molecule has 1 atom stereocenters. The fourth-order valence-corrected chi connectivity index (χ4v) is 3.21. The Hall–Kier alpha value is -1.63. The summed E-state index contributed by atoms with van der Waals surface area (Å²) >= 11 is 0. The summed E-state index contributed by atoms with van der Waals surface area (Å²) in [5.41, 5.74) is 0. The van der Waals surface area contributed by atoms with Crippen molar-refractivity contribution in [3.8, 4) is 6.01 Å². The highest BCUT2D eigenvalue weighted by atomic mass is 16.5. The molecule has 128 valence electrons. The van der Waals surface area contributed by atoms with Crippen LogP contribution in [-0.2, 0) is 4.74 Å². The van der Waals surface area contributed by atoms with Gasteiger partial charge in [-0.25, -0.2) is 0 Å². The molecular formula is C16H27N5O2. The van der Waals surface area contributed by atoms with Gasteiger partial charge < -0.3 is 19.3 Å². The molecule has 0 bridgehead atoms. The van der Waals surface area contributed by atoms with E-state index in [1.54, 1.807) is 7.11 Å². The minimum Gasteiger partial charge on any atom is -0.467 e. The summed E-state index contributed by atoms with van der Waals surface area (Å²) in [4.78, 5) is 17.9. The highest BCUT2D eigenvalue weighted by molar-refractivity contribution is 5.40. The van der Waals surface area contributed by atoms with Crippen LogP contribution < -0.4 is 14.5 Å². The van der Waals surface area contributed by atoms with Gasteiger partial charge in [0, 0.05) is 39.2 Å². The van der Waals surface area contributed by atoms with Gasteiger partial charge in [0.2, 0.25) is 11.9 Å². The average Bonchev–Trinajstić information content (AvgIpc) is 2.93. The lowest BCUT2D eigenvalue weighted by molar-refractivity contribution is 0.186. The van der Waals surface area contributed by atoms with Crippen LogP contribution in [0.25, 0.3) is 0 Å². The van der Waals surface area contributed by atoms with Gasteiger partial charge in [0.05, 0.1) is 13.7 Å². The molecule has 0 saturated carbocycles. The van der Waals surface area contributed by atoms with Crippen LogP contribution in [0.3, 0.4) is 0 Å². The number of hydrogen-bond acceptors (Lipinski definition) is 7.